The molecule has 0 aromatic heterocycles. The van der Waals surface area contributed by atoms with Crippen LogP contribution in [-0.2, 0) is 9.53 Å². The van der Waals surface area contributed by atoms with Crippen LogP contribution in [0.15, 0.2) is 0 Å². The number of piperazine rings is 1. The lowest BCUT2D eigenvalue weighted by Crippen LogP contribution is -2.50. The fourth-order valence-electron chi connectivity index (χ4n) is 2.69. The molecule has 1 atom stereocenters. The average Bonchev–Trinajstić information content (AvgIpc) is 2.40. The van der Waals surface area contributed by atoms with Crippen molar-refractivity contribution in [2.75, 3.05) is 26.2 Å². The van der Waals surface area contributed by atoms with Crippen LogP contribution in [0.1, 0.15) is 39.0 Å². The van der Waals surface area contributed by atoms with Gasteiger partial charge in [-0.2, -0.15) is 0 Å². The summed E-state index contributed by atoms with van der Waals surface area (Å²) in [6.45, 7) is 5.34. The molecule has 0 spiro atoms. The van der Waals surface area contributed by atoms with E-state index in [1.807, 2.05) is 11.8 Å². The summed E-state index contributed by atoms with van der Waals surface area (Å²) in [5.41, 5.74) is 0. The Labute approximate surface area is 104 Å². The van der Waals surface area contributed by atoms with Crippen molar-refractivity contribution in [1.29, 1.82) is 0 Å². The van der Waals surface area contributed by atoms with Gasteiger partial charge >= 0.3 is 0 Å². The van der Waals surface area contributed by atoms with E-state index < -0.39 is 0 Å². The topological polar surface area (TPSA) is 41.6 Å². The SMILES string of the molecule is CC(OC1CCCCC1)C(=O)N1CCNCC1. The first-order valence-corrected chi connectivity index (χ1v) is 6.92. The van der Waals surface area contributed by atoms with E-state index in [2.05, 4.69) is 5.32 Å². The molecule has 1 N–H and O–H groups in total. The van der Waals surface area contributed by atoms with Crippen molar-refractivity contribution >= 4 is 5.91 Å². The quantitative estimate of drug-likeness (QED) is 0.805. The molecule has 1 aliphatic carbocycles. The van der Waals surface area contributed by atoms with E-state index in [4.69, 9.17) is 4.74 Å². The lowest BCUT2D eigenvalue weighted by atomic mass is 9.97. The average molecular weight is 240 g/mol. The van der Waals surface area contributed by atoms with Gasteiger partial charge in [-0.05, 0) is 19.8 Å². The number of hydrogen-bond acceptors (Lipinski definition) is 3. The summed E-state index contributed by atoms with van der Waals surface area (Å²) in [5, 5.41) is 3.26. The predicted octanol–water partition coefficient (Wildman–Crippen LogP) is 1.16. The first-order valence-electron chi connectivity index (χ1n) is 6.92. The fourth-order valence-corrected chi connectivity index (χ4v) is 2.69. The Morgan fingerprint density at radius 1 is 1.24 bits per heavy atom. The molecule has 2 rings (SSSR count). The van der Waals surface area contributed by atoms with E-state index in [9.17, 15) is 4.79 Å². The molecule has 17 heavy (non-hydrogen) atoms. The first-order chi connectivity index (χ1) is 8.27. The van der Waals surface area contributed by atoms with Gasteiger partial charge in [0.25, 0.3) is 5.91 Å². The number of hydrogen-bond donors (Lipinski definition) is 1. The zero-order valence-electron chi connectivity index (χ0n) is 10.8. The molecule has 98 valence electrons. The highest BCUT2D eigenvalue weighted by Crippen LogP contribution is 2.21. The van der Waals surface area contributed by atoms with Crippen LogP contribution in [0.2, 0.25) is 0 Å². The van der Waals surface area contributed by atoms with Gasteiger partial charge in [0.1, 0.15) is 6.10 Å². The summed E-state index contributed by atoms with van der Waals surface area (Å²) >= 11 is 0. The number of amides is 1. The van der Waals surface area contributed by atoms with E-state index in [1.54, 1.807) is 0 Å². The third-order valence-corrected chi connectivity index (χ3v) is 3.73. The lowest BCUT2D eigenvalue weighted by Gasteiger charge is -2.32. The van der Waals surface area contributed by atoms with Crippen LogP contribution < -0.4 is 5.32 Å². The van der Waals surface area contributed by atoms with Gasteiger partial charge in [-0.1, -0.05) is 19.3 Å². The van der Waals surface area contributed by atoms with Gasteiger partial charge in [-0.3, -0.25) is 4.79 Å². The molecular weight excluding hydrogens is 216 g/mol. The van der Waals surface area contributed by atoms with Crippen LogP contribution in [0.5, 0.6) is 0 Å². The Bertz CT molecular complexity index is 246. The van der Waals surface area contributed by atoms with Gasteiger partial charge in [0, 0.05) is 26.2 Å². The molecule has 0 aromatic rings. The largest absolute Gasteiger partial charge is 0.365 e. The maximum Gasteiger partial charge on any atom is 0.251 e. The first kappa shape index (κ1) is 12.8. The minimum Gasteiger partial charge on any atom is -0.365 e. The van der Waals surface area contributed by atoms with Crippen LogP contribution in [0, 0.1) is 0 Å². The molecule has 0 bridgehead atoms. The minimum absolute atomic E-state index is 0.164. The molecule has 2 aliphatic rings. The van der Waals surface area contributed by atoms with Crippen molar-refractivity contribution in [2.24, 2.45) is 0 Å². The molecule has 1 amide bonds. The summed E-state index contributed by atoms with van der Waals surface area (Å²) in [5.74, 6) is 0.164. The predicted molar refractivity (Wildman–Crippen MR) is 66.9 cm³/mol. The molecule has 1 heterocycles. The molecule has 0 aromatic carbocycles. The van der Waals surface area contributed by atoms with Crippen LogP contribution in [-0.4, -0.2) is 49.2 Å². The maximum absolute atomic E-state index is 12.1. The van der Waals surface area contributed by atoms with Crippen LogP contribution in [0.4, 0.5) is 0 Å². The summed E-state index contributed by atoms with van der Waals surface area (Å²) in [4.78, 5) is 14.1. The zero-order chi connectivity index (χ0) is 12.1. The van der Waals surface area contributed by atoms with Crippen molar-refractivity contribution in [3.63, 3.8) is 0 Å². The fraction of sp³-hybridized carbons (Fsp3) is 0.923. The van der Waals surface area contributed by atoms with E-state index >= 15 is 0 Å². The lowest BCUT2D eigenvalue weighted by molar-refractivity contribution is -0.147. The highest BCUT2D eigenvalue weighted by atomic mass is 16.5. The van der Waals surface area contributed by atoms with Crippen molar-refractivity contribution in [1.82, 2.24) is 10.2 Å². The summed E-state index contributed by atoms with van der Waals surface area (Å²) in [7, 11) is 0. The van der Waals surface area contributed by atoms with Crippen LogP contribution >= 0.6 is 0 Å². The molecule has 4 heteroatoms. The monoisotopic (exact) mass is 240 g/mol. The maximum atomic E-state index is 12.1. The molecule has 1 unspecified atom stereocenters. The van der Waals surface area contributed by atoms with Crippen LogP contribution in [0.25, 0.3) is 0 Å². The Morgan fingerprint density at radius 3 is 2.53 bits per heavy atom. The number of nitrogens with zero attached hydrogens (tertiary/aromatic N) is 1. The normalized spacial score (nSPS) is 24.6. The smallest absolute Gasteiger partial charge is 0.251 e. The second kappa shape index (κ2) is 6.36. The molecule has 4 nitrogen and oxygen atoms in total. The Hall–Kier alpha value is -0.610. The third kappa shape index (κ3) is 3.68. The highest BCUT2D eigenvalue weighted by molar-refractivity contribution is 5.80. The van der Waals surface area contributed by atoms with Gasteiger partial charge in [-0.25, -0.2) is 0 Å². The molecule has 1 aliphatic heterocycles. The van der Waals surface area contributed by atoms with Crippen molar-refractivity contribution in [2.45, 2.75) is 51.2 Å². The number of rotatable bonds is 3. The van der Waals surface area contributed by atoms with Gasteiger partial charge < -0.3 is 15.0 Å². The Morgan fingerprint density at radius 2 is 1.88 bits per heavy atom. The molecular formula is C13H24N2O2. The molecule has 2 fully saturated rings. The summed E-state index contributed by atoms with van der Waals surface area (Å²) in [6.07, 6.45) is 6.11. The van der Waals surface area contributed by atoms with Crippen molar-refractivity contribution in [3.8, 4) is 0 Å². The molecule has 1 saturated heterocycles. The zero-order valence-corrected chi connectivity index (χ0v) is 10.8. The number of nitrogens with one attached hydrogen (secondary N) is 1. The summed E-state index contributed by atoms with van der Waals surface area (Å²) < 4.78 is 5.89. The minimum atomic E-state index is -0.267. The standard InChI is InChI=1S/C13H24N2O2/c1-11(17-12-5-3-2-4-6-12)13(16)15-9-7-14-8-10-15/h11-12,14H,2-10H2,1H3. The van der Waals surface area contributed by atoms with E-state index in [0.717, 1.165) is 39.0 Å². The van der Waals surface area contributed by atoms with Crippen molar-refractivity contribution in [3.05, 3.63) is 0 Å². The number of carbonyl (C=O) groups excluding carboxylic acids is 1. The van der Waals surface area contributed by atoms with E-state index in [-0.39, 0.29) is 12.0 Å². The Kier molecular flexibility index (Phi) is 4.80. The van der Waals surface area contributed by atoms with Gasteiger partial charge in [0.2, 0.25) is 0 Å². The number of ether oxygens (including phenoxy) is 1. The van der Waals surface area contributed by atoms with Gasteiger partial charge in [0.15, 0.2) is 0 Å². The Balaban J connectivity index is 1.77. The van der Waals surface area contributed by atoms with Crippen LogP contribution in [0.3, 0.4) is 0 Å². The summed E-state index contributed by atoms with van der Waals surface area (Å²) in [6, 6.07) is 0. The van der Waals surface area contributed by atoms with E-state index in [1.165, 1.54) is 19.3 Å². The van der Waals surface area contributed by atoms with E-state index in [0.29, 0.717) is 6.10 Å². The third-order valence-electron chi connectivity index (χ3n) is 3.73. The molecule has 1 saturated carbocycles. The second-order valence-electron chi connectivity index (χ2n) is 5.11. The van der Waals surface area contributed by atoms with Crippen molar-refractivity contribution < 1.29 is 9.53 Å². The van der Waals surface area contributed by atoms with Gasteiger partial charge in [0.05, 0.1) is 6.10 Å². The highest BCUT2D eigenvalue weighted by Gasteiger charge is 2.25. The second-order valence-corrected chi connectivity index (χ2v) is 5.11. The molecule has 0 radical (unpaired) electrons. The van der Waals surface area contributed by atoms with Gasteiger partial charge in [-0.15, -0.1) is 0 Å². The number of carbonyl (C=O) groups is 1.